The normalized spacial score (nSPS) is 14.2. The fourth-order valence-electron chi connectivity index (χ4n) is 3.15. The molecule has 0 fully saturated rings. The molecule has 0 radical (unpaired) electrons. The molecule has 0 spiro atoms. The molecule has 0 saturated carbocycles. The number of pyridine rings is 1. The first-order chi connectivity index (χ1) is 14.7. The van der Waals surface area contributed by atoms with Crippen molar-refractivity contribution in [3.8, 4) is 23.2 Å². The van der Waals surface area contributed by atoms with Gasteiger partial charge in [0.2, 0.25) is 0 Å². The van der Waals surface area contributed by atoms with Gasteiger partial charge in [0.15, 0.2) is 11.2 Å². The maximum Gasteiger partial charge on any atom is 0.417 e. The molecule has 32 heavy (non-hydrogen) atoms. The number of halogens is 3. The van der Waals surface area contributed by atoms with Gasteiger partial charge < -0.3 is 9.30 Å². The maximum atomic E-state index is 13.1. The van der Waals surface area contributed by atoms with Gasteiger partial charge in [-0.1, -0.05) is 6.92 Å². The minimum absolute atomic E-state index is 0.00452. The monoisotopic (exact) mass is 465 g/mol. The van der Waals surface area contributed by atoms with E-state index in [0.29, 0.717) is 16.9 Å². The van der Waals surface area contributed by atoms with E-state index >= 15 is 0 Å². The van der Waals surface area contributed by atoms with E-state index in [-0.39, 0.29) is 27.6 Å². The van der Waals surface area contributed by atoms with Crippen molar-refractivity contribution in [3.05, 3.63) is 35.5 Å². The zero-order valence-corrected chi connectivity index (χ0v) is 19.0. The van der Waals surface area contributed by atoms with Crippen LogP contribution in [-0.2, 0) is 23.0 Å². The second-order valence-electron chi connectivity index (χ2n) is 7.86. The van der Waals surface area contributed by atoms with Crippen LogP contribution < -0.4 is 4.74 Å². The Kier molecular flexibility index (Phi) is 5.72. The number of alkyl halides is 3. The van der Waals surface area contributed by atoms with E-state index in [9.17, 15) is 22.6 Å². The number of hydrogen-bond donors (Lipinski definition) is 1. The average molecular weight is 466 g/mol. The molecule has 3 aromatic rings. The van der Waals surface area contributed by atoms with Crippen LogP contribution in [0.4, 0.5) is 13.2 Å². The van der Waals surface area contributed by atoms with Gasteiger partial charge in [-0.2, -0.15) is 18.4 Å². The highest BCUT2D eigenvalue weighted by molar-refractivity contribution is 7.92. The summed E-state index contributed by atoms with van der Waals surface area (Å²) < 4.78 is 68.0. The molecule has 0 aliphatic carbocycles. The summed E-state index contributed by atoms with van der Waals surface area (Å²) >= 11 is 0. The molecule has 0 unspecified atom stereocenters. The van der Waals surface area contributed by atoms with Crippen LogP contribution in [0.2, 0.25) is 0 Å². The number of imidazole rings is 1. The number of nitriles is 1. The third-order valence-electron chi connectivity index (χ3n) is 4.95. The molecular weight excluding hydrogens is 443 g/mol. The van der Waals surface area contributed by atoms with Crippen molar-refractivity contribution >= 4 is 20.9 Å². The Morgan fingerprint density at radius 2 is 1.94 bits per heavy atom. The van der Waals surface area contributed by atoms with Crippen LogP contribution in [0.1, 0.15) is 31.9 Å². The highest BCUT2D eigenvalue weighted by Crippen LogP contribution is 2.37. The molecule has 2 aromatic heterocycles. The van der Waals surface area contributed by atoms with Gasteiger partial charge in [0.25, 0.3) is 0 Å². The van der Waals surface area contributed by atoms with Crippen LogP contribution in [-0.4, -0.2) is 30.1 Å². The van der Waals surface area contributed by atoms with Gasteiger partial charge in [0, 0.05) is 24.6 Å². The first kappa shape index (κ1) is 23.5. The van der Waals surface area contributed by atoms with E-state index in [0.717, 1.165) is 12.3 Å². The summed E-state index contributed by atoms with van der Waals surface area (Å²) in [5.74, 6) is 0.522. The summed E-state index contributed by atoms with van der Waals surface area (Å²) in [7, 11) is -1.69. The van der Waals surface area contributed by atoms with Gasteiger partial charge in [0.1, 0.15) is 23.2 Å². The Hall–Kier alpha value is -3.13. The highest BCUT2D eigenvalue weighted by Gasteiger charge is 2.32. The molecule has 0 amide bonds. The van der Waals surface area contributed by atoms with Gasteiger partial charge in [-0.05, 0) is 44.5 Å². The number of benzene rings is 1. The smallest absolute Gasteiger partial charge is 0.417 e. The fourth-order valence-corrected chi connectivity index (χ4v) is 4.27. The topological polar surface area (TPSA) is 105 Å². The number of nitrogens with zero attached hydrogens (tertiary/aromatic N) is 4. The second kappa shape index (κ2) is 7.78. The molecule has 7 nitrogen and oxygen atoms in total. The van der Waals surface area contributed by atoms with Crippen molar-refractivity contribution in [2.45, 2.75) is 44.4 Å². The SMILES string of the molecule is CC[S@@](=N)(=O)c1cc(OC(C)(C)C#N)c(C)cc1-c1nc2cc(C(F)(F)F)cnc2n1C. The molecule has 170 valence electrons. The van der Waals surface area contributed by atoms with Gasteiger partial charge in [-0.15, -0.1) is 0 Å². The molecule has 11 heteroatoms. The quantitative estimate of drug-likeness (QED) is 0.567. The zero-order chi connectivity index (χ0) is 24.1. The van der Waals surface area contributed by atoms with E-state index in [4.69, 9.17) is 9.52 Å². The Bertz CT molecular complexity index is 1350. The molecular formula is C21H22F3N5O2S. The van der Waals surface area contributed by atoms with E-state index in [1.807, 2.05) is 6.07 Å². The number of nitrogens with one attached hydrogen (secondary N) is 1. The first-order valence-corrected chi connectivity index (χ1v) is 11.3. The fraction of sp³-hybridized carbons (Fsp3) is 0.381. The minimum atomic E-state index is -4.56. The first-order valence-electron chi connectivity index (χ1n) is 9.61. The van der Waals surface area contributed by atoms with Crippen molar-refractivity contribution in [1.82, 2.24) is 14.5 Å². The summed E-state index contributed by atoms with van der Waals surface area (Å²) in [4.78, 5) is 8.36. The van der Waals surface area contributed by atoms with Crippen molar-refractivity contribution in [3.63, 3.8) is 0 Å². The number of aromatic nitrogens is 3. The van der Waals surface area contributed by atoms with Crippen molar-refractivity contribution in [2.75, 3.05) is 5.75 Å². The van der Waals surface area contributed by atoms with E-state index in [1.54, 1.807) is 40.8 Å². The lowest BCUT2D eigenvalue weighted by atomic mass is 10.1. The third-order valence-corrected chi connectivity index (χ3v) is 6.81. The van der Waals surface area contributed by atoms with Crippen LogP contribution >= 0.6 is 0 Å². The Morgan fingerprint density at radius 3 is 2.50 bits per heavy atom. The predicted molar refractivity (Wildman–Crippen MR) is 114 cm³/mol. The van der Waals surface area contributed by atoms with Crippen molar-refractivity contribution < 1.29 is 22.1 Å². The van der Waals surface area contributed by atoms with Crippen LogP contribution in [0.5, 0.6) is 5.75 Å². The van der Waals surface area contributed by atoms with Crippen LogP contribution in [0, 0.1) is 23.0 Å². The molecule has 1 aromatic carbocycles. The standard InChI is InChI=1S/C21H22F3N5O2S/c1-6-32(26,30)17-9-16(31-20(3,4)11-25)12(2)7-14(17)18-28-15-8-13(21(22,23)24)10-27-19(15)29(18)5/h7-10,26H,6H2,1-5H3/t32-/m1/s1. The molecule has 0 bridgehead atoms. The van der Waals surface area contributed by atoms with E-state index in [1.165, 1.54) is 10.6 Å². The number of aryl methyl sites for hydroxylation is 2. The molecule has 0 saturated heterocycles. The highest BCUT2D eigenvalue weighted by atomic mass is 32.2. The van der Waals surface area contributed by atoms with Gasteiger partial charge in [0.05, 0.1) is 20.2 Å². The van der Waals surface area contributed by atoms with E-state index in [2.05, 4.69) is 9.97 Å². The van der Waals surface area contributed by atoms with Crippen LogP contribution in [0.15, 0.2) is 29.3 Å². The lowest BCUT2D eigenvalue weighted by Gasteiger charge is -2.22. The summed E-state index contributed by atoms with van der Waals surface area (Å²) in [5.41, 5.74) is -0.911. The predicted octanol–water partition coefficient (Wildman–Crippen LogP) is 5.07. The Labute approximate surface area is 183 Å². The summed E-state index contributed by atoms with van der Waals surface area (Å²) in [6.45, 7) is 6.47. The molecule has 3 rings (SSSR count). The average Bonchev–Trinajstić information content (AvgIpc) is 3.04. The maximum absolute atomic E-state index is 13.1. The van der Waals surface area contributed by atoms with Crippen molar-refractivity contribution in [1.29, 1.82) is 10.0 Å². The Morgan fingerprint density at radius 1 is 1.28 bits per heavy atom. The molecule has 0 aliphatic heterocycles. The van der Waals surface area contributed by atoms with Crippen molar-refractivity contribution in [2.24, 2.45) is 7.05 Å². The minimum Gasteiger partial charge on any atom is -0.473 e. The van der Waals surface area contributed by atoms with Gasteiger partial charge in [-0.3, -0.25) is 0 Å². The number of fused-ring (bicyclic) bond motifs is 1. The molecule has 2 heterocycles. The molecule has 0 aliphatic rings. The van der Waals surface area contributed by atoms with Gasteiger partial charge >= 0.3 is 6.18 Å². The number of ether oxygens (including phenoxy) is 1. The third kappa shape index (κ3) is 4.27. The Balaban J connectivity index is 2.29. The number of rotatable bonds is 5. The lowest BCUT2D eigenvalue weighted by Crippen LogP contribution is -2.26. The lowest BCUT2D eigenvalue weighted by molar-refractivity contribution is -0.137. The van der Waals surface area contributed by atoms with E-state index < -0.39 is 27.1 Å². The molecule has 1 atom stereocenters. The number of hydrogen-bond acceptors (Lipinski definition) is 6. The molecule has 1 N–H and O–H groups in total. The zero-order valence-electron chi connectivity index (χ0n) is 18.2. The summed E-state index contributed by atoms with van der Waals surface area (Å²) in [6.07, 6.45) is -3.83. The van der Waals surface area contributed by atoms with Gasteiger partial charge in [-0.25, -0.2) is 19.0 Å². The summed E-state index contributed by atoms with van der Waals surface area (Å²) in [5, 5.41) is 9.28. The van der Waals surface area contributed by atoms with Crippen LogP contribution in [0.25, 0.3) is 22.6 Å². The largest absolute Gasteiger partial charge is 0.473 e. The summed E-state index contributed by atoms with van der Waals surface area (Å²) in [6, 6.07) is 6.00. The second-order valence-corrected chi connectivity index (χ2v) is 10.2. The van der Waals surface area contributed by atoms with Crippen LogP contribution in [0.3, 0.4) is 0 Å².